The third-order valence-electron chi connectivity index (χ3n) is 8.15. The molecule has 0 aliphatic heterocycles. The van der Waals surface area contributed by atoms with Gasteiger partial charge in [-0.25, -0.2) is 0 Å². The van der Waals surface area contributed by atoms with Crippen LogP contribution in [0.25, 0.3) is 0 Å². The standard InChI is InChI=1S/C21H27ClO2/c1-13(23)16-6-7-17-18-5-4-14-12-15(24)8-9-20(14,3)21(18,22)11-10-19(16,17)2/h8-9,12,16-18H,4-7,10-11H2,1-3H3/t16-,17+,18+,19-,20+,21-/m1/s1. The molecule has 4 aliphatic carbocycles. The zero-order valence-corrected chi connectivity index (χ0v) is 15.7. The molecule has 0 saturated heterocycles. The summed E-state index contributed by atoms with van der Waals surface area (Å²) in [6.45, 7) is 6.32. The maximum Gasteiger partial charge on any atom is 0.178 e. The Bertz CT molecular complexity index is 677. The Hall–Kier alpha value is -0.890. The molecule has 3 heteroatoms. The SMILES string of the molecule is CC(=O)[C@H]1CC[C@H]2[C@@H]3CCC4=CC(=O)C=C[C@]4(C)[C@@]3(Cl)CC[C@]12C. The van der Waals surface area contributed by atoms with Gasteiger partial charge < -0.3 is 0 Å². The van der Waals surface area contributed by atoms with Gasteiger partial charge in [0.05, 0.1) is 4.87 Å². The van der Waals surface area contributed by atoms with E-state index in [1.165, 1.54) is 5.57 Å². The number of halogens is 1. The van der Waals surface area contributed by atoms with Crippen LogP contribution in [0, 0.1) is 28.6 Å². The number of ketones is 2. The molecule has 0 heterocycles. The molecule has 0 aromatic heterocycles. The lowest BCUT2D eigenvalue weighted by Gasteiger charge is -2.61. The van der Waals surface area contributed by atoms with Gasteiger partial charge in [0.15, 0.2) is 5.78 Å². The Kier molecular flexibility index (Phi) is 3.50. The molecule has 0 amide bonds. The van der Waals surface area contributed by atoms with Crippen molar-refractivity contribution in [1.82, 2.24) is 0 Å². The minimum Gasteiger partial charge on any atom is -0.300 e. The minimum atomic E-state index is -0.315. The molecule has 0 N–H and O–H groups in total. The third kappa shape index (κ3) is 1.90. The summed E-state index contributed by atoms with van der Waals surface area (Å²) in [7, 11) is 0. The lowest BCUT2D eigenvalue weighted by molar-refractivity contribution is -0.126. The maximum absolute atomic E-state index is 12.2. The number of carbonyl (C=O) groups excluding carboxylic acids is 2. The van der Waals surface area contributed by atoms with E-state index in [9.17, 15) is 9.59 Å². The summed E-state index contributed by atoms with van der Waals surface area (Å²) in [6, 6.07) is 0. The second kappa shape index (κ2) is 5.06. The highest BCUT2D eigenvalue weighted by atomic mass is 35.5. The van der Waals surface area contributed by atoms with E-state index < -0.39 is 0 Å². The number of allylic oxidation sites excluding steroid dienone is 4. The fraction of sp³-hybridized carbons (Fsp3) is 0.714. The Morgan fingerprint density at radius 1 is 1.17 bits per heavy atom. The maximum atomic E-state index is 12.2. The van der Waals surface area contributed by atoms with E-state index in [2.05, 4.69) is 19.9 Å². The number of Topliss-reactive ketones (excluding diaryl/α,β-unsaturated/α-hetero) is 1. The lowest BCUT2D eigenvalue weighted by atomic mass is 9.47. The highest BCUT2D eigenvalue weighted by Crippen LogP contribution is 2.69. The summed E-state index contributed by atoms with van der Waals surface area (Å²) in [5, 5.41) is 0. The molecule has 24 heavy (non-hydrogen) atoms. The predicted octanol–water partition coefficient (Wildman–Crippen LogP) is 4.86. The predicted molar refractivity (Wildman–Crippen MR) is 95.9 cm³/mol. The molecule has 0 bridgehead atoms. The summed E-state index contributed by atoms with van der Waals surface area (Å²) in [4.78, 5) is 23.7. The van der Waals surface area contributed by atoms with Crippen LogP contribution in [-0.2, 0) is 9.59 Å². The van der Waals surface area contributed by atoms with Gasteiger partial charge >= 0.3 is 0 Å². The van der Waals surface area contributed by atoms with E-state index in [1.807, 2.05) is 6.08 Å². The van der Waals surface area contributed by atoms with Gasteiger partial charge in [-0.15, -0.1) is 11.6 Å². The minimum absolute atomic E-state index is 0.0966. The van der Waals surface area contributed by atoms with Crippen molar-refractivity contribution in [3.63, 3.8) is 0 Å². The second-order valence-electron chi connectivity index (χ2n) is 8.97. The van der Waals surface area contributed by atoms with E-state index in [0.717, 1.165) is 38.5 Å². The van der Waals surface area contributed by atoms with Gasteiger partial charge in [-0.3, -0.25) is 9.59 Å². The van der Waals surface area contributed by atoms with E-state index >= 15 is 0 Å². The molecular weight excluding hydrogens is 320 g/mol. The van der Waals surface area contributed by atoms with Crippen LogP contribution in [0.4, 0.5) is 0 Å². The first-order valence-electron chi connectivity index (χ1n) is 9.36. The molecule has 130 valence electrons. The normalized spacial score (nSPS) is 49.9. The van der Waals surface area contributed by atoms with Crippen molar-refractivity contribution in [1.29, 1.82) is 0 Å². The van der Waals surface area contributed by atoms with Crippen molar-refractivity contribution in [2.45, 2.75) is 64.2 Å². The number of carbonyl (C=O) groups is 2. The summed E-state index contributed by atoms with van der Waals surface area (Å²) < 4.78 is 0. The van der Waals surface area contributed by atoms with Gasteiger partial charge in [0.25, 0.3) is 0 Å². The Labute approximate surface area is 149 Å². The van der Waals surface area contributed by atoms with Crippen molar-refractivity contribution in [2.75, 3.05) is 0 Å². The summed E-state index contributed by atoms with van der Waals surface area (Å²) in [5.41, 5.74) is 1.10. The van der Waals surface area contributed by atoms with Gasteiger partial charge in [0.2, 0.25) is 0 Å². The monoisotopic (exact) mass is 346 g/mol. The largest absolute Gasteiger partial charge is 0.300 e. The highest BCUT2D eigenvalue weighted by Gasteiger charge is 2.65. The van der Waals surface area contributed by atoms with E-state index in [0.29, 0.717) is 17.6 Å². The molecule has 3 fully saturated rings. The number of hydrogen-bond donors (Lipinski definition) is 0. The molecule has 0 radical (unpaired) electrons. The van der Waals surface area contributed by atoms with Crippen molar-refractivity contribution < 1.29 is 9.59 Å². The van der Waals surface area contributed by atoms with E-state index in [4.69, 9.17) is 11.6 Å². The van der Waals surface area contributed by atoms with Gasteiger partial charge in [0, 0.05) is 11.3 Å². The van der Waals surface area contributed by atoms with Crippen molar-refractivity contribution in [3.8, 4) is 0 Å². The number of rotatable bonds is 1. The summed E-state index contributed by atoms with van der Waals surface area (Å²) in [6.07, 6.45) is 11.7. The van der Waals surface area contributed by atoms with Crippen molar-refractivity contribution in [2.24, 2.45) is 28.6 Å². The molecule has 4 aliphatic rings. The zero-order chi connectivity index (χ0) is 17.3. The topological polar surface area (TPSA) is 34.1 Å². The fourth-order valence-corrected chi connectivity index (χ4v) is 7.30. The Morgan fingerprint density at radius 3 is 2.62 bits per heavy atom. The number of fused-ring (bicyclic) bond motifs is 5. The van der Waals surface area contributed by atoms with Gasteiger partial charge in [0.1, 0.15) is 5.78 Å². The lowest BCUT2D eigenvalue weighted by Crippen LogP contribution is -2.59. The number of hydrogen-bond acceptors (Lipinski definition) is 2. The molecule has 0 aromatic carbocycles. The third-order valence-corrected chi connectivity index (χ3v) is 9.02. The first-order chi connectivity index (χ1) is 11.2. The van der Waals surface area contributed by atoms with Crippen LogP contribution in [0.2, 0.25) is 0 Å². The van der Waals surface area contributed by atoms with Gasteiger partial charge in [-0.1, -0.05) is 25.5 Å². The molecular formula is C21H27ClO2. The van der Waals surface area contributed by atoms with Crippen LogP contribution in [-0.4, -0.2) is 16.4 Å². The van der Waals surface area contributed by atoms with E-state index in [-0.39, 0.29) is 27.4 Å². The summed E-state index contributed by atoms with van der Waals surface area (Å²) in [5.74, 6) is 1.62. The average Bonchev–Trinajstić information content (AvgIpc) is 2.87. The average molecular weight is 347 g/mol. The van der Waals surface area contributed by atoms with Crippen molar-refractivity contribution >= 4 is 23.2 Å². The van der Waals surface area contributed by atoms with Crippen LogP contribution >= 0.6 is 11.6 Å². The molecule has 3 saturated carbocycles. The van der Waals surface area contributed by atoms with Gasteiger partial charge in [-0.2, -0.15) is 0 Å². The molecule has 6 atom stereocenters. The van der Waals surface area contributed by atoms with Crippen LogP contribution in [0.15, 0.2) is 23.8 Å². The molecule has 0 unspecified atom stereocenters. The van der Waals surface area contributed by atoms with Crippen LogP contribution < -0.4 is 0 Å². The Morgan fingerprint density at radius 2 is 1.92 bits per heavy atom. The van der Waals surface area contributed by atoms with Crippen molar-refractivity contribution in [3.05, 3.63) is 23.8 Å². The summed E-state index contributed by atoms with van der Waals surface area (Å²) >= 11 is 7.41. The van der Waals surface area contributed by atoms with Gasteiger partial charge in [-0.05, 0) is 74.9 Å². The molecule has 2 nitrogen and oxygen atoms in total. The smallest absolute Gasteiger partial charge is 0.178 e. The van der Waals surface area contributed by atoms with Crippen LogP contribution in [0.1, 0.15) is 59.3 Å². The van der Waals surface area contributed by atoms with E-state index in [1.54, 1.807) is 13.0 Å². The zero-order valence-electron chi connectivity index (χ0n) is 14.9. The number of alkyl halides is 1. The second-order valence-corrected chi connectivity index (χ2v) is 9.64. The fourth-order valence-electron chi connectivity index (χ4n) is 6.76. The Balaban J connectivity index is 1.75. The quantitative estimate of drug-likeness (QED) is 0.635. The molecule has 0 aromatic rings. The molecule has 4 rings (SSSR count). The highest BCUT2D eigenvalue weighted by molar-refractivity contribution is 6.25. The molecule has 0 spiro atoms. The van der Waals surface area contributed by atoms with Crippen LogP contribution in [0.3, 0.4) is 0 Å². The van der Waals surface area contributed by atoms with Crippen LogP contribution in [0.5, 0.6) is 0 Å². The first-order valence-corrected chi connectivity index (χ1v) is 9.74. The first kappa shape index (κ1) is 16.6.